The van der Waals surface area contributed by atoms with Gasteiger partial charge in [0.2, 0.25) is 0 Å². The molecule has 1 atom stereocenters. The monoisotopic (exact) mass is 268 g/mol. The predicted octanol–water partition coefficient (Wildman–Crippen LogP) is 1.48. The van der Waals surface area contributed by atoms with Crippen molar-refractivity contribution >= 4 is 17.6 Å². The topological polar surface area (TPSA) is 81.4 Å². The van der Waals surface area contributed by atoms with Crippen LogP contribution >= 0.6 is 0 Å². The summed E-state index contributed by atoms with van der Waals surface area (Å²) in [5.74, 6) is -1.84. The number of nitrogens with two attached hydrogens (primary N) is 1. The smallest absolute Gasteiger partial charge is 0.339 e. The number of carbonyl (C=O) groups excluding carboxylic acids is 2. The number of nitrogen functional groups attached to an aromatic ring is 1. The maximum absolute atomic E-state index is 13.1. The molecule has 0 saturated heterocycles. The zero-order valence-electron chi connectivity index (χ0n) is 11.1. The van der Waals surface area contributed by atoms with Gasteiger partial charge >= 0.3 is 5.97 Å². The average molecular weight is 268 g/mol. The van der Waals surface area contributed by atoms with Crippen molar-refractivity contribution in [2.24, 2.45) is 0 Å². The Morgan fingerprint density at radius 2 is 1.89 bits per heavy atom. The minimum Gasteiger partial charge on any atom is -0.449 e. The Bertz CT molecular complexity index is 469. The first kappa shape index (κ1) is 14.9. The Morgan fingerprint density at radius 3 is 2.42 bits per heavy atom. The molecule has 104 valence electrons. The third-order valence-electron chi connectivity index (χ3n) is 2.24. The molecule has 0 aliphatic rings. The third-order valence-corrected chi connectivity index (χ3v) is 2.24. The average Bonchev–Trinajstić information content (AvgIpc) is 2.26. The van der Waals surface area contributed by atoms with E-state index in [1.54, 1.807) is 13.8 Å². The van der Waals surface area contributed by atoms with E-state index in [9.17, 15) is 14.0 Å². The van der Waals surface area contributed by atoms with Crippen molar-refractivity contribution in [2.45, 2.75) is 32.9 Å². The van der Waals surface area contributed by atoms with E-state index in [2.05, 4.69) is 5.32 Å². The first-order valence-electron chi connectivity index (χ1n) is 5.87. The van der Waals surface area contributed by atoms with E-state index in [-0.39, 0.29) is 17.3 Å². The molecule has 5 nitrogen and oxygen atoms in total. The molecule has 0 radical (unpaired) electrons. The van der Waals surface area contributed by atoms with Gasteiger partial charge in [0, 0.05) is 11.7 Å². The highest BCUT2D eigenvalue weighted by Crippen LogP contribution is 2.12. The Labute approximate surface area is 110 Å². The van der Waals surface area contributed by atoms with E-state index in [0.717, 1.165) is 12.1 Å². The van der Waals surface area contributed by atoms with Crippen molar-refractivity contribution in [1.29, 1.82) is 0 Å². The fourth-order valence-electron chi connectivity index (χ4n) is 1.41. The first-order valence-corrected chi connectivity index (χ1v) is 5.87. The van der Waals surface area contributed by atoms with Gasteiger partial charge in [-0.25, -0.2) is 9.18 Å². The number of hydrogen-bond donors (Lipinski definition) is 2. The number of amides is 1. The standard InChI is InChI=1S/C13H17FN2O3/c1-7(2)16-12(17)8(3)19-13(18)9-4-10(14)6-11(15)5-9/h4-8H,15H2,1-3H3,(H,16,17). The van der Waals surface area contributed by atoms with Crippen LogP contribution < -0.4 is 11.1 Å². The fraction of sp³-hybridized carbons (Fsp3) is 0.385. The second-order valence-corrected chi connectivity index (χ2v) is 4.48. The molecule has 1 amide bonds. The fourth-order valence-corrected chi connectivity index (χ4v) is 1.41. The number of ether oxygens (including phenoxy) is 1. The van der Waals surface area contributed by atoms with Crippen molar-refractivity contribution in [1.82, 2.24) is 5.32 Å². The van der Waals surface area contributed by atoms with Crippen LogP contribution in [0.2, 0.25) is 0 Å². The molecule has 0 aliphatic carbocycles. The summed E-state index contributed by atoms with van der Waals surface area (Å²) in [6, 6.07) is 3.33. The second kappa shape index (κ2) is 6.17. The summed E-state index contributed by atoms with van der Waals surface area (Å²) in [7, 11) is 0. The highest BCUT2D eigenvalue weighted by molar-refractivity contribution is 5.93. The Hall–Kier alpha value is -2.11. The highest BCUT2D eigenvalue weighted by Gasteiger charge is 2.19. The van der Waals surface area contributed by atoms with Gasteiger partial charge in [-0.15, -0.1) is 0 Å². The van der Waals surface area contributed by atoms with Crippen LogP contribution in [0.25, 0.3) is 0 Å². The largest absolute Gasteiger partial charge is 0.449 e. The summed E-state index contributed by atoms with van der Waals surface area (Å²) in [6.07, 6.45) is -0.959. The van der Waals surface area contributed by atoms with Crippen LogP contribution in [-0.2, 0) is 9.53 Å². The Balaban J connectivity index is 2.71. The quantitative estimate of drug-likeness (QED) is 0.640. The number of rotatable bonds is 4. The van der Waals surface area contributed by atoms with Crippen LogP contribution in [0.1, 0.15) is 31.1 Å². The maximum atomic E-state index is 13.1. The normalized spacial score (nSPS) is 12.1. The summed E-state index contributed by atoms with van der Waals surface area (Å²) < 4.78 is 18.0. The third kappa shape index (κ3) is 4.57. The molecule has 0 saturated carbocycles. The molecule has 19 heavy (non-hydrogen) atoms. The lowest BCUT2D eigenvalue weighted by Crippen LogP contribution is -2.39. The van der Waals surface area contributed by atoms with Crippen molar-refractivity contribution < 1.29 is 18.7 Å². The van der Waals surface area contributed by atoms with Crippen LogP contribution in [0.4, 0.5) is 10.1 Å². The lowest BCUT2D eigenvalue weighted by Gasteiger charge is -2.15. The SMILES string of the molecule is CC(C)NC(=O)C(C)OC(=O)c1cc(N)cc(F)c1. The van der Waals surface area contributed by atoms with E-state index in [1.165, 1.54) is 13.0 Å². The predicted molar refractivity (Wildman–Crippen MR) is 69.0 cm³/mol. The van der Waals surface area contributed by atoms with Gasteiger partial charge < -0.3 is 15.8 Å². The highest BCUT2D eigenvalue weighted by atomic mass is 19.1. The molecule has 0 aromatic heterocycles. The summed E-state index contributed by atoms with van der Waals surface area (Å²) in [5.41, 5.74) is 5.52. The van der Waals surface area contributed by atoms with E-state index in [4.69, 9.17) is 10.5 Å². The van der Waals surface area contributed by atoms with Gasteiger partial charge in [0.05, 0.1) is 5.56 Å². The maximum Gasteiger partial charge on any atom is 0.339 e. The van der Waals surface area contributed by atoms with Gasteiger partial charge in [-0.1, -0.05) is 0 Å². The molecule has 0 fully saturated rings. The molecule has 0 heterocycles. The number of hydrogen-bond acceptors (Lipinski definition) is 4. The Kier molecular flexibility index (Phi) is 4.86. The number of halogens is 1. The molecule has 1 aromatic carbocycles. The van der Waals surface area contributed by atoms with Crippen molar-refractivity contribution in [3.8, 4) is 0 Å². The lowest BCUT2D eigenvalue weighted by atomic mass is 10.2. The zero-order valence-corrected chi connectivity index (χ0v) is 11.1. The van der Waals surface area contributed by atoms with Gasteiger partial charge in [0.1, 0.15) is 5.82 Å². The van der Waals surface area contributed by atoms with Crippen molar-refractivity contribution in [2.75, 3.05) is 5.73 Å². The van der Waals surface area contributed by atoms with Crippen molar-refractivity contribution in [3.63, 3.8) is 0 Å². The molecule has 6 heteroatoms. The molecule has 0 aliphatic heterocycles. The number of anilines is 1. The summed E-state index contributed by atoms with van der Waals surface area (Å²) >= 11 is 0. The van der Waals surface area contributed by atoms with Crippen LogP contribution in [0.15, 0.2) is 18.2 Å². The van der Waals surface area contributed by atoms with Crippen molar-refractivity contribution in [3.05, 3.63) is 29.6 Å². The van der Waals surface area contributed by atoms with Crippen LogP contribution in [-0.4, -0.2) is 24.0 Å². The van der Waals surface area contributed by atoms with Gasteiger partial charge in [0.25, 0.3) is 5.91 Å². The molecule has 3 N–H and O–H groups in total. The minimum absolute atomic E-state index is 0.0262. The summed E-state index contributed by atoms with van der Waals surface area (Å²) in [6.45, 7) is 5.03. The summed E-state index contributed by atoms with van der Waals surface area (Å²) in [4.78, 5) is 23.3. The van der Waals surface area contributed by atoms with Crippen LogP contribution in [0.3, 0.4) is 0 Å². The van der Waals surface area contributed by atoms with Gasteiger partial charge in [-0.3, -0.25) is 4.79 Å². The number of esters is 1. The van der Waals surface area contributed by atoms with E-state index in [0.29, 0.717) is 0 Å². The molecule has 0 bridgehead atoms. The molecule has 0 spiro atoms. The molecular formula is C13H17FN2O3. The molecule has 1 rings (SSSR count). The van der Waals surface area contributed by atoms with E-state index in [1.807, 2.05) is 0 Å². The number of benzene rings is 1. The lowest BCUT2D eigenvalue weighted by molar-refractivity contribution is -0.129. The first-order chi connectivity index (χ1) is 8.79. The summed E-state index contributed by atoms with van der Waals surface area (Å²) in [5, 5.41) is 2.61. The second-order valence-electron chi connectivity index (χ2n) is 4.48. The number of nitrogens with one attached hydrogen (secondary N) is 1. The molecular weight excluding hydrogens is 251 g/mol. The van der Waals surface area contributed by atoms with Gasteiger partial charge in [-0.05, 0) is 39.0 Å². The van der Waals surface area contributed by atoms with Gasteiger partial charge in [-0.2, -0.15) is 0 Å². The van der Waals surface area contributed by atoms with Gasteiger partial charge in [0.15, 0.2) is 6.10 Å². The molecule has 1 aromatic rings. The Morgan fingerprint density at radius 1 is 1.26 bits per heavy atom. The van der Waals surface area contributed by atoms with E-state index < -0.39 is 23.8 Å². The van der Waals surface area contributed by atoms with E-state index >= 15 is 0 Å². The number of carbonyl (C=O) groups is 2. The van der Waals surface area contributed by atoms with Crippen LogP contribution in [0.5, 0.6) is 0 Å². The van der Waals surface area contributed by atoms with Crippen LogP contribution in [0, 0.1) is 5.82 Å². The molecule has 1 unspecified atom stereocenters. The zero-order chi connectivity index (χ0) is 14.6. The minimum atomic E-state index is -0.959.